The Labute approximate surface area is 63.7 Å². The zero-order chi connectivity index (χ0) is 7.82. The van der Waals surface area contributed by atoms with Crippen LogP contribution in [0.2, 0.25) is 0 Å². The Morgan fingerprint density at radius 1 is 1.30 bits per heavy atom. The second-order valence-electron chi connectivity index (χ2n) is 2.26. The van der Waals surface area contributed by atoms with Crippen LogP contribution >= 0.6 is 0 Å². The van der Waals surface area contributed by atoms with Gasteiger partial charge in [-0.2, -0.15) is 0 Å². The van der Waals surface area contributed by atoms with E-state index in [0.717, 1.165) is 12.2 Å². The number of rotatable bonds is 5. The third-order valence-electron chi connectivity index (χ3n) is 1.44. The number of allylic oxidation sites excluding steroid dienone is 1. The zero-order valence-electron chi connectivity index (χ0n) is 7.20. The molecule has 0 fully saturated rings. The third kappa shape index (κ3) is 4.24. The summed E-state index contributed by atoms with van der Waals surface area (Å²) in [5, 5.41) is 6.12. The standard InChI is InChI=1S/C8H18N2/c1-4-5-6-7-8(9-2)10-3/h7,9-10H,4-6H2,1-3H3. The number of hydrogen-bond acceptors (Lipinski definition) is 2. The maximum atomic E-state index is 3.06. The Morgan fingerprint density at radius 2 is 1.90 bits per heavy atom. The highest BCUT2D eigenvalue weighted by Gasteiger charge is 1.85. The molecule has 2 nitrogen and oxygen atoms in total. The quantitative estimate of drug-likeness (QED) is 0.568. The van der Waals surface area contributed by atoms with E-state index < -0.39 is 0 Å². The molecule has 0 aromatic heterocycles. The van der Waals surface area contributed by atoms with Crippen LogP contribution in [-0.2, 0) is 0 Å². The van der Waals surface area contributed by atoms with Gasteiger partial charge in [0.15, 0.2) is 0 Å². The first-order valence-electron chi connectivity index (χ1n) is 3.90. The fraction of sp³-hybridized carbons (Fsp3) is 0.750. The van der Waals surface area contributed by atoms with Crippen LogP contribution in [-0.4, -0.2) is 14.1 Å². The van der Waals surface area contributed by atoms with Gasteiger partial charge in [-0.25, -0.2) is 0 Å². The molecule has 0 spiro atoms. The Balaban J connectivity index is 3.43. The van der Waals surface area contributed by atoms with Crippen molar-refractivity contribution < 1.29 is 0 Å². The molecule has 0 rings (SSSR count). The molecule has 60 valence electrons. The summed E-state index contributed by atoms with van der Waals surface area (Å²) in [4.78, 5) is 0. The van der Waals surface area contributed by atoms with Gasteiger partial charge in [-0.15, -0.1) is 0 Å². The van der Waals surface area contributed by atoms with Crippen LogP contribution in [0.5, 0.6) is 0 Å². The largest absolute Gasteiger partial charge is 0.375 e. The van der Waals surface area contributed by atoms with Gasteiger partial charge in [0.05, 0.1) is 5.82 Å². The van der Waals surface area contributed by atoms with Gasteiger partial charge in [-0.1, -0.05) is 13.3 Å². The molecule has 0 bridgehead atoms. The molecule has 2 heteroatoms. The summed E-state index contributed by atoms with van der Waals surface area (Å²) in [6, 6.07) is 0. The van der Waals surface area contributed by atoms with Crippen LogP contribution in [0.3, 0.4) is 0 Å². The summed E-state index contributed by atoms with van der Waals surface area (Å²) in [6.45, 7) is 2.20. The van der Waals surface area contributed by atoms with Gasteiger partial charge in [-0.3, -0.25) is 0 Å². The van der Waals surface area contributed by atoms with Crippen LogP contribution in [0.15, 0.2) is 11.9 Å². The molecule has 0 aromatic carbocycles. The van der Waals surface area contributed by atoms with Crippen LogP contribution in [0.4, 0.5) is 0 Å². The first kappa shape index (κ1) is 9.34. The summed E-state index contributed by atoms with van der Waals surface area (Å²) in [6.07, 6.45) is 5.88. The molecule has 10 heavy (non-hydrogen) atoms. The summed E-state index contributed by atoms with van der Waals surface area (Å²) in [5.41, 5.74) is 0. The molecule has 0 amide bonds. The molecule has 0 unspecified atom stereocenters. The molecule has 0 radical (unpaired) electrons. The molecular formula is C8H18N2. The highest BCUT2D eigenvalue weighted by molar-refractivity contribution is 4.94. The zero-order valence-corrected chi connectivity index (χ0v) is 7.20. The lowest BCUT2D eigenvalue weighted by Gasteiger charge is -2.04. The minimum absolute atomic E-state index is 1.12. The van der Waals surface area contributed by atoms with E-state index in [1.807, 2.05) is 14.1 Å². The Hall–Kier alpha value is -0.660. The van der Waals surface area contributed by atoms with Gasteiger partial charge in [-0.05, 0) is 18.9 Å². The van der Waals surface area contributed by atoms with Crippen molar-refractivity contribution in [3.05, 3.63) is 11.9 Å². The van der Waals surface area contributed by atoms with Crippen molar-refractivity contribution in [3.63, 3.8) is 0 Å². The van der Waals surface area contributed by atoms with Gasteiger partial charge in [0.25, 0.3) is 0 Å². The third-order valence-corrected chi connectivity index (χ3v) is 1.44. The van der Waals surface area contributed by atoms with Crippen LogP contribution in [0.25, 0.3) is 0 Å². The smallest absolute Gasteiger partial charge is 0.0940 e. The summed E-state index contributed by atoms with van der Waals surface area (Å²) in [7, 11) is 3.85. The van der Waals surface area contributed by atoms with E-state index in [9.17, 15) is 0 Å². The maximum absolute atomic E-state index is 3.06. The average molecular weight is 142 g/mol. The molecule has 0 aliphatic carbocycles. The van der Waals surface area contributed by atoms with Crippen molar-refractivity contribution in [3.8, 4) is 0 Å². The van der Waals surface area contributed by atoms with Gasteiger partial charge in [0.1, 0.15) is 0 Å². The van der Waals surface area contributed by atoms with E-state index in [0.29, 0.717) is 0 Å². The lowest BCUT2D eigenvalue weighted by molar-refractivity contribution is 0.774. The van der Waals surface area contributed by atoms with Crippen LogP contribution in [0.1, 0.15) is 26.2 Å². The van der Waals surface area contributed by atoms with E-state index in [1.165, 1.54) is 12.8 Å². The molecule has 0 aromatic rings. The van der Waals surface area contributed by atoms with E-state index in [4.69, 9.17) is 0 Å². The van der Waals surface area contributed by atoms with Gasteiger partial charge in [0, 0.05) is 14.1 Å². The average Bonchev–Trinajstić information content (AvgIpc) is 1.99. The first-order chi connectivity index (χ1) is 4.85. The minimum atomic E-state index is 1.12. The monoisotopic (exact) mass is 142 g/mol. The highest BCUT2D eigenvalue weighted by Crippen LogP contribution is 1.95. The van der Waals surface area contributed by atoms with Crippen LogP contribution < -0.4 is 10.6 Å². The summed E-state index contributed by atoms with van der Waals surface area (Å²) >= 11 is 0. The molecule has 0 saturated carbocycles. The molecule has 0 aliphatic heterocycles. The molecule has 2 N–H and O–H groups in total. The van der Waals surface area contributed by atoms with E-state index >= 15 is 0 Å². The minimum Gasteiger partial charge on any atom is -0.375 e. The predicted octanol–water partition coefficient (Wildman–Crippen LogP) is 1.46. The van der Waals surface area contributed by atoms with Crippen molar-refractivity contribution in [2.45, 2.75) is 26.2 Å². The van der Waals surface area contributed by atoms with E-state index in [2.05, 4.69) is 23.6 Å². The van der Waals surface area contributed by atoms with Gasteiger partial charge >= 0.3 is 0 Å². The van der Waals surface area contributed by atoms with Crippen molar-refractivity contribution in [2.24, 2.45) is 0 Å². The summed E-state index contributed by atoms with van der Waals surface area (Å²) < 4.78 is 0. The Bertz CT molecular complexity index is 91.4. The van der Waals surface area contributed by atoms with Crippen molar-refractivity contribution in [1.29, 1.82) is 0 Å². The van der Waals surface area contributed by atoms with Gasteiger partial charge in [0.2, 0.25) is 0 Å². The topological polar surface area (TPSA) is 24.1 Å². The Morgan fingerprint density at radius 3 is 2.30 bits per heavy atom. The lowest BCUT2D eigenvalue weighted by atomic mass is 10.2. The number of hydrogen-bond donors (Lipinski definition) is 2. The number of nitrogens with one attached hydrogen (secondary N) is 2. The highest BCUT2D eigenvalue weighted by atomic mass is 15.0. The fourth-order valence-corrected chi connectivity index (χ4v) is 0.780. The SMILES string of the molecule is CCCCC=C(NC)NC. The van der Waals surface area contributed by atoms with Crippen molar-refractivity contribution in [1.82, 2.24) is 10.6 Å². The van der Waals surface area contributed by atoms with Gasteiger partial charge < -0.3 is 10.6 Å². The van der Waals surface area contributed by atoms with E-state index in [1.54, 1.807) is 0 Å². The summed E-state index contributed by atoms with van der Waals surface area (Å²) in [5.74, 6) is 1.12. The van der Waals surface area contributed by atoms with Crippen LogP contribution in [0, 0.1) is 0 Å². The predicted molar refractivity (Wildman–Crippen MR) is 45.7 cm³/mol. The van der Waals surface area contributed by atoms with Crippen molar-refractivity contribution >= 4 is 0 Å². The fourth-order valence-electron chi connectivity index (χ4n) is 0.780. The lowest BCUT2D eigenvalue weighted by Crippen LogP contribution is -2.18. The Kier molecular flexibility index (Phi) is 6.03. The second kappa shape index (κ2) is 6.46. The maximum Gasteiger partial charge on any atom is 0.0940 e. The molecule has 0 heterocycles. The van der Waals surface area contributed by atoms with E-state index in [-0.39, 0.29) is 0 Å². The number of unbranched alkanes of at least 4 members (excludes halogenated alkanes) is 2. The van der Waals surface area contributed by atoms with Crippen molar-refractivity contribution in [2.75, 3.05) is 14.1 Å². The molecule has 0 aliphatic rings. The second-order valence-corrected chi connectivity index (χ2v) is 2.26. The molecule has 0 saturated heterocycles. The molecular weight excluding hydrogens is 124 g/mol. The normalized spacial score (nSPS) is 8.70. The molecule has 0 atom stereocenters. The first-order valence-corrected chi connectivity index (χ1v) is 3.90.